The first-order valence-electron chi connectivity index (χ1n) is 5.75. The number of halogens is 1. The summed E-state index contributed by atoms with van der Waals surface area (Å²) in [4.78, 5) is 16.0. The predicted molar refractivity (Wildman–Crippen MR) is 72.7 cm³/mol. The van der Waals surface area contributed by atoms with Gasteiger partial charge in [-0.25, -0.2) is 4.98 Å². The van der Waals surface area contributed by atoms with E-state index in [9.17, 15) is 4.79 Å². The number of aromatic nitrogens is 2. The van der Waals surface area contributed by atoms with E-state index in [0.717, 1.165) is 11.0 Å². The Balaban J connectivity index is 2.47. The fraction of sp³-hybridized carbons (Fsp3) is 0.333. The molecule has 18 heavy (non-hydrogen) atoms. The summed E-state index contributed by atoms with van der Waals surface area (Å²) in [6.45, 7) is 4.31. The number of carbonyl (C=O) groups excluding carboxylic acids is 1. The summed E-state index contributed by atoms with van der Waals surface area (Å²) in [7, 11) is 0. The maximum absolute atomic E-state index is 11.6. The molecule has 0 radical (unpaired) electrons. The van der Waals surface area contributed by atoms with Crippen molar-refractivity contribution in [3.8, 4) is 0 Å². The molecule has 3 N–H and O–H groups in total. The Morgan fingerprint density at radius 1 is 1.61 bits per heavy atom. The molecule has 5 nitrogen and oxygen atoms in total. The van der Waals surface area contributed by atoms with Crippen molar-refractivity contribution in [1.29, 1.82) is 0 Å². The first-order valence-corrected chi connectivity index (χ1v) is 6.13. The summed E-state index contributed by atoms with van der Waals surface area (Å²) in [5.41, 5.74) is 7.21. The van der Waals surface area contributed by atoms with Crippen LogP contribution in [0.4, 0.5) is 5.95 Å². The van der Waals surface area contributed by atoms with Crippen molar-refractivity contribution < 1.29 is 4.79 Å². The lowest BCUT2D eigenvalue weighted by atomic mass is 10.3. The van der Waals surface area contributed by atoms with Gasteiger partial charge >= 0.3 is 0 Å². The third-order valence-corrected chi connectivity index (χ3v) is 2.91. The van der Waals surface area contributed by atoms with Crippen molar-refractivity contribution in [2.75, 3.05) is 5.32 Å². The van der Waals surface area contributed by atoms with Gasteiger partial charge in [0, 0.05) is 11.6 Å². The molecule has 0 saturated carbocycles. The number of hydrogen-bond donors (Lipinski definition) is 2. The molecule has 0 aliphatic heterocycles. The lowest BCUT2D eigenvalue weighted by molar-refractivity contribution is -0.117. The summed E-state index contributed by atoms with van der Waals surface area (Å²) >= 11 is 5.92. The van der Waals surface area contributed by atoms with Crippen molar-refractivity contribution in [2.24, 2.45) is 5.73 Å². The van der Waals surface area contributed by atoms with Crippen LogP contribution < -0.4 is 11.1 Å². The van der Waals surface area contributed by atoms with Crippen LogP contribution in [-0.2, 0) is 11.3 Å². The fourth-order valence-corrected chi connectivity index (χ4v) is 1.91. The first-order chi connectivity index (χ1) is 8.52. The number of nitrogens with zero attached hydrogens (tertiary/aromatic N) is 2. The fourth-order valence-electron chi connectivity index (χ4n) is 1.74. The highest BCUT2D eigenvalue weighted by atomic mass is 35.5. The molecule has 0 aliphatic carbocycles. The Kier molecular flexibility index (Phi) is 3.54. The molecule has 6 heteroatoms. The van der Waals surface area contributed by atoms with Gasteiger partial charge in [-0.1, -0.05) is 11.6 Å². The van der Waals surface area contributed by atoms with Gasteiger partial charge < -0.3 is 10.3 Å². The molecule has 0 aliphatic rings. The molecule has 1 heterocycles. The Morgan fingerprint density at radius 2 is 2.33 bits per heavy atom. The Labute approximate surface area is 110 Å². The van der Waals surface area contributed by atoms with Crippen LogP contribution in [-0.4, -0.2) is 21.5 Å². The SMILES string of the molecule is CCn1c(NC(=O)C(C)N)nc2cc(Cl)ccc21. The van der Waals surface area contributed by atoms with E-state index in [1.165, 1.54) is 0 Å². The van der Waals surface area contributed by atoms with Gasteiger partial charge in [0.2, 0.25) is 11.9 Å². The van der Waals surface area contributed by atoms with Gasteiger partial charge in [-0.15, -0.1) is 0 Å². The molecule has 1 aromatic carbocycles. The first kappa shape index (κ1) is 12.9. The second-order valence-corrected chi connectivity index (χ2v) is 4.53. The van der Waals surface area contributed by atoms with Crippen LogP contribution in [0.25, 0.3) is 11.0 Å². The number of amides is 1. The van der Waals surface area contributed by atoms with Crippen LogP contribution in [0.1, 0.15) is 13.8 Å². The number of hydrogen-bond acceptors (Lipinski definition) is 3. The summed E-state index contributed by atoms with van der Waals surface area (Å²) in [5, 5.41) is 3.33. The van der Waals surface area contributed by atoms with Gasteiger partial charge in [0.25, 0.3) is 0 Å². The van der Waals surface area contributed by atoms with Gasteiger partial charge in [0.1, 0.15) is 0 Å². The molecule has 0 bridgehead atoms. The zero-order valence-corrected chi connectivity index (χ0v) is 11.0. The summed E-state index contributed by atoms with van der Waals surface area (Å²) in [6, 6.07) is 4.88. The van der Waals surface area contributed by atoms with Crippen LogP contribution >= 0.6 is 11.6 Å². The van der Waals surface area contributed by atoms with Gasteiger partial charge in [-0.2, -0.15) is 0 Å². The quantitative estimate of drug-likeness (QED) is 0.892. The number of imidazole rings is 1. The predicted octanol–water partition coefficient (Wildman–Crippen LogP) is 2.00. The highest BCUT2D eigenvalue weighted by Crippen LogP contribution is 2.23. The number of nitrogens with two attached hydrogens (primary N) is 1. The smallest absolute Gasteiger partial charge is 0.243 e. The molecular weight excluding hydrogens is 252 g/mol. The van der Waals surface area contributed by atoms with Crippen LogP contribution in [0.5, 0.6) is 0 Å². The zero-order chi connectivity index (χ0) is 13.3. The lowest BCUT2D eigenvalue weighted by Crippen LogP contribution is -2.33. The molecular formula is C12H15ClN4O. The summed E-state index contributed by atoms with van der Waals surface area (Å²) < 4.78 is 1.91. The molecule has 1 atom stereocenters. The van der Waals surface area contributed by atoms with Crippen LogP contribution in [0.3, 0.4) is 0 Å². The molecule has 1 aromatic heterocycles. The molecule has 0 spiro atoms. The molecule has 2 aromatic rings. The summed E-state index contributed by atoms with van der Waals surface area (Å²) in [5.74, 6) is 0.239. The van der Waals surface area contributed by atoms with Crippen LogP contribution in [0.15, 0.2) is 18.2 Å². The van der Waals surface area contributed by atoms with E-state index >= 15 is 0 Å². The van der Waals surface area contributed by atoms with Gasteiger partial charge in [-0.05, 0) is 32.0 Å². The van der Waals surface area contributed by atoms with Crippen LogP contribution in [0, 0.1) is 0 Å². The number of carbonyl (C=O) groups is 1. The third kappa shape index (κ3) is 2.32. The molecule has 1 amide bonds. The van der Waals surface area contributed by atoms with Crippen LogP contribution in [0.2, 0.25) is 5.02 Å². The minimum absolute atomic E-state index is 0.258. The maximum Gasteiger partial charge on any atom is 0.243 e. The summed E-state index contributed by atoms with van der Waals surface area (Å²) in [6.07, 6.45) is 0. The molecule has 0 saturated heterocycles. The maximum atomic E-state index is 11.6. The van der Waals surface area contributed by atoms with Crippen molar-refractivity contribution >= 4 is 34.5 Å². The Morgan fingerprint density at radius 3 is 2.94 bits per heavy atom. The monoisotopic (exact) mass is 266 g/mol. The van der Waals surface area contributed by atoms with Crippen molar-refractivity contribution in [3.05, 3.63) is 23.2 Å². The zero-order valence-electron chi connectivity index (χ0n) is 10.3. The van der Waals surface area contributed by atoms with E-state index in [2.05, 4.69) is 10.3 Å². The Hall–Kier alpha value is -1.59. The van der Waals surface area contributed by atoms with Gasteiger partial charge in [-0.3, -0.25) is 10.1 Å². The average molecular weight is 267 g/mol. The Bertz CT molecular complexity index is 591. The number of anilines is 1. The molecule has 96 valence electrons. The van der Waals surface area contributed by atoms with Gasteiger partial charge in [0.15, 0.2) is 0 Å². The molecule has 2 rings (SSSR count). The number of rotatable bonds is 3. The minimum Gasteiger partial charge on any atom is -0.320 e. The van der Waals surface area contributed by atoms with Crippen molar-refractivity contribution in [1.82, 2.24) is 9.55 Å². The number of fused-ring (bicyclic) bond motifs is 1. The van der Waals surface area contributed by atoms with Crippen molar-refractivity contribution in [2.45, 2.75) is 26.4 Å². The number of benzene rings is 1. The highest BCUT2D eigenvalue weighted by molar-refractivity contribution is 6.31. The average Bonchev–Trinajstić information content (AvgIpc) is 2.64. The number of aryl methyl sites for hydroxylation is 1. The second-order valence-electron chi connectivity index (χ2n) is 4.09. The van der Waals surface area contributed by atoms with Crippen molar-refractivity contribution in [3.63, 3.8) is 0 Å². The molecule has 1 unspecified atom stereocenters. The van der Waals surface area contributed by atoms with Gasteiger partial charge in [0.05, 0.1) is 17.1 Å². The largest absolute Gasteiger partial charge is 0.320 e. The second kappa shape index (κ2) is 4.96. The normalized spacial score (nSPS) is 12.7. The molecule has 0 fully saturated rings. The minimum atomic E-state index is -0.571. The third-order valence-electron chi connectivity index (χ3n) is 2.68. The van der Waals surface area contributed by atoms with E-state index in [4.69, 9.17) is 17.3 Å². The van der Waals surface area contributed by atoms with E-state index in [0.29, 0.717) is 17.5 Å². The van der Waals surface area contributed by atoms with E-state index < -0.39 is 6.04 Å². The topological polar surface area (TPSA) is 72.9 Å². The lowest BCUT2D eigenvalue weighted by Gasteiger charge is -2.09. The standard InChI is InChI=1S/C12H15ClN4O/c1-3-17-10-5-4-8(13)6-9(10)15-12(17)16-11(18)7(2)14/h4-7H,3,14H2,1-2H3,(H,15,16,18). The van der Waals surface area contributed by atoms with E-state index in [1.807, 2.05) is 17.6 Å². The highest BCUT2D eigenvalue weighted by Gasteiger charge is 2.14. The number of nitrogens with one attached hydrogen (secondary N) is 1. The van der Waals surface area contributed by atoms with E-state index in [-0.39, 0.29) is 5.91 Å². The van der Waals surface area contributed by atoms with E-state index in [1.54, 1.807) is 19.1 Å².